The molecule has 0 saturated carbocycles. The van der Waals surface area contributed by atoms with Crippen molar-refractivity contribution in [3.63, 3.8) is 0 Å². The van der Waals surface area contributed by atoms with E-state index >= 15 is 0 Å². The Bertz CT molecular complexity index is 3100. The first-order valence-electron chi connectivity index (χ1n) is 20.7. The first-order chi connectivity index (χ1) is 30.2. The maximum Gasteiger partial charge on any atom is 0.160 e. The molecule has 61 heavy (non-hydrogen) atoms. The van der Waals surface area contributed by atoms with Crippen molar-refractivity contribution in [1.29, 1.82) is 0 Å². The average molecular weight is 801 g/mol. The predicted octanol–water partition coefficient (Wildman–Crippen LogP) is 14.2. The van der Waals surface area contributed by atoms with Gasteiger partial charge in [0.15, 0.2) is 5.82 Å². The third kappa shape index (κ3) is 7.31. The quantitative estimate of drug-likeness (QED) is 0.161. The summed E-state index contributed by atoms with van der Waals surface area (Å²) >= 11 is 1.85. The molecular formula is C56H40N4S. The van der Waals surface area contributed by atoms with Gasteiger partial charge in [0, 0.05) is 42.6 Å². The van der Waals surface area contributed by atoms with Gasteiger partial charge in [0.05, 0.1) is 17.4 Å². The molecule has 0 radical (unpaired) electrons. The smallest absolute Gasteiger partial charge is 0.160 e. The van der Waals surface area contributed by atoms with Gasteiger partial charge >= 0.3 is 0 Å². The van der Waals surface area contributed by atoms with Crippen molar-refractivity contribution in [2.75, 3.05) is 0 Å². The van der Waals surface area contributed by atoms with Crippen LogP contribution in [0.1, 0.15) is 28.9 Å². The van der Waals surface area contributed by atoms with Gasteiger partial charge in [-0.05, 0) is 69.3 Å². The van der Waals surface area contributed by atoms with Gasteiger partial charge in [-0.1, -0.05) is 188 Å². The fraction of sp³-hybridized carbons (Fsp3) is 0.0357. The molecule has 2 N–H and O–H groups in total. The Morgan fingerprint density at radius 1 is 0.410 bits per heavy atom. The maximum atomic E-state index is 5.08. The van der Waals surface area contributed by atoms with Crippen molar-refractivity contribution in [2.24, 2.45) is 0 Å². The molecule has 0 aliphatic carbocycles. The third-order valence-corrected chi connectivity index (χ3v) is 12.7. The predicted molar refractivity (Wildman–Crippen MR) is 255 cm³/mol. The van der Waals surface area contributed by atoms with Crippen molar-refractivity contribution < 1.29 is 0 Å². The molecule has 2 unspecified atom stereocenters. The number of benzene rings is 8. The van der Waals surface area contributed by atoms with Gasteiger partial charge in [0.2, 0.25) is 0 Å². The molecule has 0 amide bonds. The van der Waals surface area contributed by atoms with Crippen LogP contribution < -0.4 is 10.6 Å². The molecule has 0 spiro atoms. The van der Waals surface area contributed by atoms with Crippen LogP contribution in [0.3, 0.4) is 0 Å². The van der Waals surface area contributed by atoms with Crippen LogP contribution in [0.15, 0.2) is 218 Å². The van der Waals surface area contributed by atoms with Crippen LogP contribution in [0, 0.1) is 0 Å². The summed E-state index contributed by atoms with van der Waals surface area (Å²) in [6, 6.07) is 75.4. The molecule has 290 valence electrons. The van der Waals surface area contributed by atoms with Crippen LogP contribution in [0.5, 0.6) is 0 Å². The molecule has 8 aromatic carbocycles. The number of hydrogen-bond acceptors (Lipinski definition) is 5. The normalized spacial score (nSPS) is 15.0. The molecule has 0 fully saturated rings. The summed E-state index contributed by atoms with van der Waals surface area (Å²) < 4.78 is 2.56. The Balaban J connectivity index is 0.967. The summed E-state index contributed by atoms with van der Waals surface area (Å²) in [5.74, 6) is 0.705. The number of nitrogens with zero attached hydrogens (tertiary/aromatic N) is 2. The zero-order chi connectivity index (χ0) is 40.5. The molecule has 5 heteroatoms. The lowest BCUT2D eigenvalue weighted by atomic mass is 9.93. The topological polar surface area (TPSA) is 49.8 Å². The lowest BCUT2D eigenvalue weighted by Crippen LogP contribution is -2.39. The van der Waals surface area contributed by atoms with Crippen molar-refractivity contribution in [3.8, 4) is 56.2 Å². The summed E-state index contributed by atoms with van der Waals surface area (Å²) in [4.78, 5) is 10.2. The van der Waals surface area contributed by atoms with E-state index in [1.54, 1.807) is 0 Å². The molecule has 3 heterocycles. The third-order valence-electron chi connectivity index (χ3n) is 11.6. The standard InChI is InChI=1S/C56H40N4S/c1-5-15-39(16-6-1)48-35-49(40-17-7-2-8-18-40)59-56(58-48)44-31-25-37(26-32-44)45-33-47(54-46-23-13-14-24-52(46)61-53(54)34-45)38-27-29-42(30-28-38)51-36-50(41-19-9-3-10-20-41)57-55(60-51)43-21-11-4-12-22-43/h1-36,50,55,57,60H. The van der Waals surface area contributed by atoms with Crippen LogP contribution in [-0.2, 0) is 0 Å². The largest absolute Gasteiger partial charge is 0.366 e. The molecule has 0 saturated heterocycles. The fourth-order valence-corrected chi connectivity index (χ4v) is 9.65. The minimum Gasteiger partial charge on any atom is -0.366 e. The Morgan fingerprint density at radius 3 is 1.61 bits per heavy atom. The summed E-state index contributed by atoms with van der Waals surface area (Å²) in [5, 5.41) is 10.2. The second-order valence-electron chi connectivity index (χ2n) is 15.5. The zero-order valence-electron chi connectivity index (χ0n) is 33.2. The number of aromatic nitrogens is 2. The highest BCUT2D eigenvalue weighted by Crippen LogP contribution is 2.43. The van der Waals surface area contributed by atoms with Crippen LogP contribution in [0.2, 0.25) is 0 Å². The molecule has 10 aromatic rings. The molecule has 0 bridgehead atoms. The Kier molecular flexibility index (Phi) is 9.58. The maximum absolute atomic E-state index is 5.08. The minimum atomic E-state index is -0.0313. The van der Waals surface area contributed by atoms with Crippen molar-refractivity contribution in [2.45, 2.75) is 12.2 Å². The van der Waals surface area contributed by atoms with Crippen molar-refractivity contribution in [1.82, 2.24) is 20.6 Å². The lowest BCUT2D eigenvalue weighted by molar-refractivity contribution is 0.442. The van der Waals surface area contributed by atoms with Crippen LogP contribution in [-0.4, -0.2) is 9.97 Å². The second kappa shape index (κ2) is 16.0. The van der Waals surface area contributed by atoms with Crippen LogP contribution >= 0.6 is 11.3 Å². The van der Waals surface area contributed by atoms with Gasteiger partial charge in [-0.25, -0.2) is 9.97 Å². The second-order valence-corrected chi connectivity index (χ2v) is 16.6. The summed E-state index contributed by atoms with van der Waals surface area (Å²) in [6.45, 7) is 0. The number of thiophene rings is 1. The summed E-state index contributed by atoms with van der Waals surface area (Å²) in [7, 11) is 0. The molecule has 2 aromatic heterocycles. The van der Waals surface area contributed by atoms with E-state index in [1.165, 1.54) is 48.0 Å². The van der Waals surface area contributed by atoms with Gasteiger partial charge in [0.1, 0.15) is 6.17 Å². The number of hydrogen-bond donors (Lipinski definition) is 2. The highest BCUT2D eigenvalue weighted by Gasteiger charge is 2.24. The molecular weight excluding hydrogens is 761 g/mol. The Labute approximate surface area is 359 Å². The average Bonchev–Trinajstić information content (AvgIpc) is 3.73. The van der Waals surface area contributed by atoms with E-state index in [4.69, 9.17) is 9.97 Å². The van der Waals surface area contributed by atoms with E-state index in [1.807, 2.05) is 23.5 Å². The molecule has 11 rings (SSSR count). The van der Waals surface area contributed by atoms with E-state index in [0.29, 0.717) is 5.82 Å². The lowest BCUT2D eigenvalue weighted by Gasteiger charge is -2.33. The van der Waals surface area contributed by atoms with E-state index in [2.05, 4.69) is 217 Å². The first-order valence-corrected chi connectivity index (χ1v) is 21.5. The SMILES string of the molecule is C1=C(c2ccc(-c3cc(-c4ccc(-c5nc(-c6ccccc6)cc(-c6ccccc6)n5)cc4)cc4sc5ccccc5c34)cc2)NC(c2ccccc2)NC1c1ccccc1. The molecule has 1 aliphatic rings. The van der Waals surface area contributed by atoms with Crippen molar-refractivity contribution in [3.05, 3.63) is 235 Å². The van der Waals surface area contributed by atoms with Gasteiger partial charge in [0.25, 0.3) is 0 Å². The Morgan fingerprint density at radius 2 is 0.951 bits per heavy atom. The van der Waals surface area contributed by atoms with Gasteiger partial charge in [-0.15, -0.1) is 11.3 Å². The van der Waals surface area contributed by atoms with Crippen LogP contribution in [0.4, 0.5) is 0 Å². The van der Waals surface area contributed by atoms with E-state index in [0.717, 1.165) is 44.9 Å². The first kappa shape index (κ1) is 36.6. The summed E-state index contributed by atoms with van der Waals surface area (Å²) in [6.07, 6.45) is 2.28. The number of fused-ring (bicyclic) bond motifs is 3. The van der Waals surface area contributed by atoms with Crippen molar-refractivity contribution >= 4 is 37.2 Å². The molecule has 2 atom stereocenters. The fourth-order valence-electron chi connectivity index (χ4n) is 8.48. The van der Waals surface area contributed by atoms with Gasteiger partial charge < -0.3 is 5.32 Å². The molecule has 4 nitrogen and oxygen atoms in total. The van der Waals surface area contributed by atoms with Crippen LogP contribution in [0.25, 0.3) is 82.0 Å². The monoisotopic (exact) mass is 800 g/mol. The zero-order valence-corrected chi connectivity index (χ0v) is 34.1. The highest BCUT2D eigenvalue weighted by atomic mass is 32.1. The number of nitrogens with one attached hydrogen (secondary N) is 2. The summed E-state index contributed by atoms with van der Waals surface area (Å²) in [5.41, 5.74) is 14.3. The van der Waals surface area contributed by atoms with Gasteiger partial charge in [-0.2, -0.15) is 0 Å². The minimum absolute atomic E-state index is 0.0313. The van der Waals surface area contributed by atoms with E-state index < -0.39 is 0 Å². The highest BCUT2D eigenvalue weighted by molar-refractivity contribution is 7.26. The Hall–Kier alpha value is -7.44. The van der Waals surface area contributed by atoms with E-state index in [-0.39, 0.29) is 12.2 Å². The number of rotatable bonds is 8. The van der Waals surface area contributed by atoms with E-state index in [9.17, 15) is 0 Å². The van der Waals surface area contributed by atoms with Gasteiger partial charge in [-0.3, -0.25) is 5.32 Å². The molecule has 1 aliphatic heterocycles.